The van der Waals surface area contributed by atoms with E-state index in [1.54, 1.807) is 6.92 Å². The van der Waals surface area contributed by atoms with E-state index in [4.69, 9.17) is 10.8 Å². The highest BCUT2D eigenvalue weighted by molar-refractivity contribution is 5.86. The lowest BCUT2D eigenvalue weighted by atomic mass is 10.3. The summed E-state index contributed by atoms with van der Waals surface area (Å²) in [4.78, 5) is 20.1. The zero-order chi connectivity index (χ0) is 8.85. The highest BCUT2D eigenvalue weighted by Crippen LogP contribution is 1.90. The van der Waals surface area contributed by atoms with Crippen molar-refractivity contribution in [2.75, 3.05) is 0 Å². The van der Waals surface area contributed by atoms with Gasteiger partial charge in [0.2, 0.25) is 0 Å². The van der Waals surface area contributed by atoms with Crippen molar-refractivity contribution in [2.24, 2.45) is 5.73 Å². The number of nitrogens with two attached hydrogens (primary N) is 1. The van der Waals surface area contributed by atoms with Gasteiger partial charge in [-0.1, -0.05) is 6.08 Å². The van der Waals surface area contributed by atoms with Gasteiger partial charge < -0.3 is 10.8 Å². The van der Waals surface area contributed by atoms with Gasteiger partial charge in [-0.15, -0.1) is 0 Å². The summed E-state index contributed by atoms with van der Waals surface area (Å²) in [7, 11) is 0. The molecule has 0 heterocycles. The molecule has 3 N–H and O–H groups in total. The van der Waals surface area contributed by atoms with E-state index in [1.165, 1.54) is 12.2 Å². The Balaban J connectivity index is 4.34. The van der Waals surface area contributed by atoms with Gasteiger partial charge in [-0.25, -0.2) is 4.79 Å². The molecule has 0 saturated carbocycles. The standard InChI is InChI=1S/C7H9NO3/c1-5(4-9)2-3-6(8)7(10)11/h2-4H,8H2,1H3,(H,10,11)/b5-2-,6-3-. The highest BCUT2D eigenvalue weighted by Gasteiger charge is 1.96. The van der Waals surface area contributed by atoms with Gasteiger partial charge in [0.25, 0.3) is 0 Å². The van der Waals surface area contributed by atoms with Gasteiger partial charge in [0, 0.05) is 0 Å². The fourth-order valence-electron chi connectivity index (χ4n) is 0.332. The van der Waals surface area contributed by atoms with Crippen molar-refractivity contribution >= 4 is 12.3 Å². The van der Waals surface area contributed by atoms with Crippen molar-refractivity contribution in [1.29, 1.82) is 0 Å². The summed E-state index contributed by atoms with van der Waals surface area (Å²) in [5.41, 5.74) is 5.16. The Hall–Kier alpha value is -1.58. The molecule has 11 heavy (non-hydrogen) atoms. The number of carboxylic acid groups (broad SMARTS) is 1. The molecule has 0 aliphatic rings. The fourth-order valence-corrected chi connectivity index (χ4v) is 0.332. The maximum Gasteiger partial charge on any atom is 0.351 e. The minimum Gasteiger partial charge on any atom is -0.477 e. The van der Waals surface area contributed by atoms with Crippen LogP contribution in [-0.2, 0) is 9.59 Å². The first-order valence-electron chi connectivity index (χ1n) is 2.90. The second-order valence-electron chi connectivity index (χ2n) is 1.96. The SMILES string of the molecule is C/C(C=O)=C/C=C(\N)C(=O)O. The summed E-state index contributed by atoms with van der Waals surface area (Å²) in [5, 5.41) is 8.26. The van der Waals surface area contributed by atoms with E-state index < -0.39 is 5.97 Å². The first-order chi connectivity index (χ1) is 5.07. The molecule has 0 aliphatic carbocycles. The molecule has 0 aromatic heterocycles. The number of aliphatic carboxylic acids is 1. The quantitative estimate of drug-likeness (QED) is 0.343. The molecule has 60 valence electrons. The molecule has 0 aliphatic heterocycles. The largest absolute Gasteiger partial charge is 0.477 e. The minimum absolute atomic E-state index is 0.286. The maximum absolute atomic E-state index is 10.1. The Morgan fingerprint density at radius 3 is 2.36 bits per heavy atom. The van der Waals surface area contributed by atoms with Crippen molar-refractivity contribution < 1.29 is 14.7 Å². The third kappa shape index (κ3) is 3.91. The van der Waals surface area contributed by atoms with E-state index in [2.05, 4.69) is 0 Å². The second-order valence-corrected chi connectivity index (χ2v) is 1.96. The third-order valence-corrected chi connectivity index (χ3v) is 0.959. The van der Waals surface area contributed by atoms with Crippen LogP contribution in [0.25, 0.3) is 0 Å². The maximum atomic E-state index is 10.1. The molecule has 0 fully saturated rings. The van der Waals surface area contributed by atoms with Crippen LogP contribution in [0.4, 0.5) is 0 Å². The second kappa shape index (κ2) is 4.27. The molecule has 0 aromatic rings. The predicted octanol–water partition coefficient (Wildman–Crippen LogP) is 0.0588. The Labute approximate surface area is 64.0 Å². The first kappa shape index (κ1) is 9.42. The van der Waals surface area contributed by atoms with Crippen LogP contribution < -0.4 is 5.73 Å². The predicted molar refractivity (Wildman–Crippen MR) is 39.7 cm³/mol. The molecule has 0 rings (SSSR count). The van der Waals surface area contributed by atoms with Crippen LogP contribution in [0.2, 0.25) is 0 Å². The summed E-state index contributed by atoms with van der Waals surface area (Å²) in [6.45, 7) is 1.55. The van der Waals surface area contributed by atoms with Crippen molar-refractivity contribution in [3.63, 3.8) is 0 Å². The molecule has 0 unspecified atom stereocenters. The van der Waals surface area contributed by atoms with Gasteiger partial charge in [-0.05, 0) is 18.6 Å². The van der Waals surface area contributed by atoms with Gasteiger partial charge in [0.15, 0.2) is 0 Å². The first-order valence-corrected chi connectivity index (χ1v) is 2.90. The molecular weight excluding hydrogens is 146 g/mol. The van der Waals surface area contributed by atoms with Crippen molar-refractivity contribution in [2.45, 2.75) is 6.92 Å². The Morgan fingerprint density at radius 1 is 1.45 bits per heavy atom. The third-order valence-electron chi connectivity index (χ3n) is 0.959. The fraction of sp³-hybridized carbons (Fsp3) is 0.143. The van der Waals surface area contributed by atoms with Crippen molar-refractivity contribution in [3.05, 3.63) is 23.4 Å². The number of aldehydes is 1. The zero-order valence-electron chi connectivity index (χ0n) is 6.07. The van der Waals surface area contributed by atoms with Gasteiger partial charge in [-0.2, -0.15) is 0 Å². The molecule has 0 spiro atoms. The normalized spacial score (nSPS) is 12.8. The number of carbonyl (C=O) groups excluding carboxylic acids is 1. The van der Waals surface area contributed by atoms with E-state index in [1.807, 2.05) is 0 Å². The van der Waals surface area contributed by atoms with Crippen LogP contribution in [0.1, 0.15) is 6.92 Å². The van der Waals surface area contributed by atoms with Gasteiger partial charge in [-0.3, -0.25) is 4.79 Å². The lowest BCUT2D eigenvalue weighted by Gasteiger charge is -1.88. The molecular formula is C7H9NO3. The van der Waals surface area contributed by atoms with Crippen molar-refractivity contribution in [3.8, 4) is 0 Å². The Morgan fingerprint density at radius 2 is 2.00 bits per heavy atom. The molecule has 0 saturated heterocycles. The molecule has 0 amide bonds. The highest BCUT2D eigenvalue weighted by atomic mass is 16.4. The Bertz CT molecular complexity index is 228. The summed E-state index contributed by atoms with van der Waals surface area (Å²) >= 11 is 0. The molecule has 0 aromatic carbocycles. The lowest BCUT2D eigenvalue weighted by Crippen LogP contribution is -2.09. The summed E-state index contributed by atoms with van der Waals surface area (Å²) < 4.78 is 0. The van der Waals surface area contributed by atoms with Crippen LogP contribution in [0, 0.1) is 0 Å². The zero-order valence-corrected chi connectivity index (χ0v) is 6.07. The van der Waals surface area contributed by atoms with Gasteiger partial charge >= 0.3 is 5.97 Å². The van der Waals surface area contributed by atoms with Gasteiger partial charge in [0.05, 0.1) is 0 Å². The average molecular weight is 155 g/mol. The van der Waals surface area contributed by atoms with Crippen LogP contribution in [0.3, 0.4) is 0 Å². The number of carbonyl (C=O) groups is 2. The molecule has 0 bridgehead atoms. The van der Waals surface area contributed by atoms with E-state index >= 15 is 0 Å². The molecule has 4 nitrogen and oxygen atoms in total. The van der Waals surface area contributed by atoms with E-state index in [0.29, 0.717) is 11.9 Å². The summed E-state index contributed by atoms with van der Waals surface area (Å²) in [5.74, 6) is -1.19. The van der Waals surface area contributed by atoms with E-state index in [9.17, 15) is 9.59 Å². The number of hydrogen-bond donors (Lipinski definition) is 2. The number of rotatable bonds is 3. The molecule has 0 radical (unpaired) electrons. The molecule has 0 atom stereocenters. The van der Waals surface area contributed by atoms with Crippen LogP contribution >= 0.6 is 0 Å². The average Bonchev–Trinajstić information content (AvgIpc) is 1.99. The number of hydrogen-bond acceptors (Lipinski definition) is 3. The van der Waals surface area contributed by atoms with Crippen molar-refractivity contribution in [1.82, 2.24) is 0 Å². The molecule has 4 heteroatoms. The smallest absolute Gasteiger partial charge is 0.351 e. The number of carboxylic acids is 1. The lowest BCUT2D eigenvalue weighted by molar-refractivity contribution is -0.132. The topological polar surface area (TPSA) is 80.4 Å². The van der Waals surface area contributed by atoms with Crippen LogP contribution in [0.5, 0.6) is 0 Å². The Kier molecular flexibility index (Phi) is 3.66. The van der Waals surface area contributed by atoms with Crippen LogP contribution in [0.15, 0.2) is 23.4 Å². The van der Waals surface area contributed by atoms with E-state index in [0.717, 1.165) is 0 Å². The summed E-state index contributed by atoms with van der Waals surface area (Å²) in [6.07, 6.45) is 3.13. The van der Waals surface area contributed by atoms with E-state index in [-0.39, 0.29) is 5.70 Å². The van der Waals surface area contributed by atoms with Crippen LogP contribution in [-0.4, -0.2) is 17.4 Å². The minimum atomic E-state index is -1.19. The monoisotopic (exact) mass is 155 g/mol. The summed E-state index contributed by atoms with van der Waals surface area (Å²) in [6, 6.07) is 0. The number of allylic oxidation sites excluding steroid dienone is 3. The van der Waals surface area contributed by atoms with Gasteiger partial charge in [0.1, 0.15) is 12.0 Å².